The normalized spacial score (nSPS) is 17.1. The fourth-order valence-electron chi connectivity index (χ4n) is 4.14. The summed E-state index contributed by atoms with van der Waals surface area (Å²) in [5.41, 5.74) is 0.804. The molecule has 3 nitrogen and oxygen atoms in total. The van der Waals surface area contributed by atoms with Crippen molar-refractivity contribution in [3.05, 3.63) is 11.3 Å². The SMILES string of the molecule is C#CCCC1CCC([O][Sn]([CH2]CCC)([CH2]CCC)[CH2]CCC)=C1C(=O)OC. The van der Waals surface area contributed by atoms with Crippen LogP contribution in [0, 0.1) is 18.3 Å². The number of carbonyl (C=O) groups is 1. The number of esters is 1. The summed E-state index contributed by atoms with van der Waals surface area (Å²) in [6.45, 7) is 6.79. The van der Waals surface area contributed by atoms with Gasteiger partial charge in [0.2, 0.25) is 0 Å². The minimum absolute atomic E-state index is 0.203. The van der Waals surface area contributed by atoms with E-state index in [1.165, 1.54) is 58.9 Å². The summed E-state index contributed by atoms with van der Waals surface area (Å²) < 4.78 is 15.9. The zero-order chi connectivity index (χ0) is 20.1. The van der Waals surface area contributed by atoms with Gasteiger partial charge in [-0.05, 0) is 0 Å². The van der Waals surface area contributed by atoms with Gasteiger partial charge in [0, 0.05) is 0 Å². The predicted octanol–water partition coefficient (Wildman–Crippen LogP) is 6.60. The maximum atomic E-state index is 12.5. The van der Waals surface area contributed by atoms with E-state index >= 15 is 0 Å². The van der Waals surface area contributed by atoms with E-state index in [1.54, 1.807) is 0 Å². The van der Waals surface area contributed by atoms with Gasteiger partial charge in [0.05, 0.1) is 0 Å². The second kappa shape index (κ2) is 13.5. The van der Waals surface area contributed by atoms with Crippen molar-refractivity contribution in [2.75, 3.05) is 7.11 Å². The Labute approximate surface area is 172 Å². The van der Waals surface area contributed by atoms with Crippen LogP contribution < -0.4 is 0 Å². The molecule has 154 valence electrons. The number of carbonyl (C=O) groups excluding carboxylic acids is 1. The first-order chi connectivity index (χ1) is 13.1. The van der Waals surface area contributed by atoms with Gasteiger partial charge in [-0.25, -0.2) is 0 Å². The van der Waals surface area contributed by atoms with E-state index in [-0.39, 0.29) is 11.9 Å². The zero-order valence-electron chi connectivity index (χ0n) is 18.1. The van der Waals surface area contributed by atoms with E-state index in [0.717, 1.165) is 30.6 Å². The minimum atomic E-state index is -2.79. The summed E-state index contributed by atoms with van der Waals surface area (Å²) in [5, 5.41) is 0. The molecule has 0 saturated carbocycles. The first-order valence-electron chi connectivity index (χ1n) is 11.0. The molecule has 27 heavy (non-hydrogen) atoms. The number of hydrogen-bond acceptors (Lipinski definition) is 3. The van der Waals surface area contributed by atoms with Crippen molar-refractivity contribution in [3.8, 4) is 12.3 Å². The molecule has 0 heterocycles. The molecule has 0 fully saturated rings. The summed E-state index contributed by atoms with van der Waals surface area (Å²) in [7, 11) is 1.48. The topological polar surface area (TPSA) is 35.5 Å². The molecule has 4 heteroatoms. The van der Waals surface area contributed by atoms with Crippen molar-refractivity contribution in [2.24, 2.45) is 5.92 Å². The molecule has 1 unspecified atom stereocenters. The molecule has 0 spiro atoms. The molecule has 0 aromatic rings. The van der Waals surface area contributed by atoms with Crippen LogP contribution >= 0.6 is 0 Å². The van der Waals surface area contributed by atoms with E-state index in [0.29, 0.717) is 6.42 Å². The Bertz CT molecular complexity index is 496. The Hall–Kier alpha value is -0.631. The van der Waals surface area contributed by atoms with Gasteiger partial charge in [-0.3, -0.25) is 0 Å². The standard InChI is InChI=1S/C11H14O3.3C4H9.Sn/c1-3-4-5-8-6-7-9(12)10(8)11(13)14-2;3*1-3-4-2;/h1,8,12H,4-7H2,2H3;3*1,3-4H2,2H3;/q;;;;+1/p-1. The Morgan fingerprint density at radius 2 is 1.67 bits per heavy atom. The molecular weight excluding hydrogens is 443 g/mol. The maximum absolute atomic E-state index is 12.5. The van der Waals surface area contributed by atoms with Crippen molar-refractivity contribution >= 4 is 24.8 Å². The molecular formula is C23H40O3Sn. The molecule has 0 bridgehead atoms. The van der Waals surface area contributed by atoms with Gasteiger partial charge in [-0.15, -0.1) is 0 Å². The first kappa shape index (κ1) is 24.4. The summed E-state index contributed by atoms with van der Waals surface area (Å²) in [6, 6.07) is 0. The van der Waals surface area contributed by atoms with Gasteiger partial charge in [-0.2, -0.15) is 0 Å². The number of ether oxygens (including phenoxy) is 1. The van der Waals surface area contributed by atoms with Crippen LogP contribution in [0.4, 0.5) is 0 Å². The second-order valence-electron chi connectivity index (χ2n) is 7.90. The summed E-state index contributed by atoms with van der Waals surface area (Å²) >= 11 is -2.79. The predicted molar refractivity (Wildman–Crippen MR) is 116 cm³/mol. The third-order valence-corrected chi connectivity index (χ3v) is 18.5. The van der Waals surface area contributed by atoms with Crippen LogP contribution in [0.15, 0.2) is 11.3 Å². The second-order valence-corrected chi connectivity index (χ2v) is 19.5. The third kappa shape index (κ3) is 7.72. The van der Waals surface area contributed by atoms with Crippen LogP contribution in [0.3, 0.4) is 0 Å². The Morgan fingerprint density at radius 3 is 2.11 bits per heavy atom. The zero-order valence-corrected chi connectivity index (χ0v) is 20.9. The molecule has 1 aliphatic rings. The van der Waals surface area contributed by atoms with Gasteiger partial charge < -0.3 is 0 Å². The van der Waals surface area contributed by atoms with Crippen LogP contribution in [0.2, 0.25) is 13.3 Å². The number of rotatable bonds is 14. The Morgan fingerprint density at radius 1 is 1.11 bits per heavy atom. The number of methoxy groups -OCH3 is 1. The van der Waals surface area contributed by atoms with Gasteiger partial charge in [0.15, 0.2) is 0 Å². The van der Waals surface area contributed by atoms with Crippen molar-refractivity contribution in [2.45, 2.75) is 98.3 Å². The van der Waals surface area contributed by atoms with Crippen molar-refractivity contribution in [1.29, 1.82) is 0 Å². The van der Waals surface area contributed by atoms with E-state index in [1.807, 2.05) is 0 Å². The number of hydrogen-bond donors (Lipinski definition) is 0. The molecule has 0 aromatic carbocycles. The van der Waals surface area contributed by atoms with Crippen LogP contribution in [0.1, 0.15) is 85.0 Å². The van der Waals surface area contributed by atoms with E-state index < -0.39 is 18.8 Å². The monoisotopic (exact) mass is 484 g/mol. The fourth-order valence-corrected chi connectivity index (χ4v) is 17.8. The molecule has 0 radical (unpaired) electrons. The van der Waals surface area contributed by atoms with Crippen LogP contribution in [0.25, 0.3) is 0 Å². The summed E-state index contributed by atoms with van der Waals surface area (Å²) in [6.07, 6.45) is 16.3. The van der Waals surface area contributed by atoms with Crippen molar-refractivity contribution < 1.29 is 12.6 Å². The van der Waals surface area contributed by atoms with Crippen molar-refractivity contribution in [1.82, 2.24) is 0 Å². The Kier molecular flexibility index (Phi) is 12.2. The molecule has 1 rings (SSSR count). The molecule has 0 aromatic heterocycles. The van der Waals surface area contributed by atoms with Crippen molar-refractivity contribution in [3.63, 3.8) is 0 Å². The van der Waals surface area contributed by atoms with Gasteiger partial charge >= 0.3 is 172 Å². The van der Waals surface area contributed by atoms with E-state index in [4.69, 9.17) is 14.2 Å². The van der Waals surface area contributed by atoms with E-state index in [9.17, 15) is 4.79 Å². The first-order valence-corrected chi connectivity index (χ1v) is 18.2. The third-order valence-electron chi connectivity index (χ3n) is 5.77. The Balaban J connectivity index is 3.15. The molecule has 0 saturated heterocycles. The van der Waals surface area contributed by atoms with E-state index in [2.05, 4.69) is 26.7 Å². The van der Waals surface area contributed by atoms with Crippen LogP contribution in [0.5, 0.6) is 0 Å². The molecule has 0 N–H and O–H groups in total. The average molecular weight is 483 g/mol. The van der Waals surface area contributed by atoms with Crippen LogP contribution in [-0.2, 0) is 12.6 Å². The average Bonchev–Trinajstić information content (AvgIpc) is 3.08. The van der Waals surface area contributed by atoms with Gasteiger partial charge in [-0.1, -0.05) is 0 Å². The summed E-state index contributed by atoms with van der Waals surface area (Å²) in [5.74, 6) is 3.69. The molecule has 0 aliphatic heterocycles. The number of unbranched alkanes of at least 4 members (excludes halogenated alkanes) is 3. The quantitative estimate of drug-likeness (QED) is 0.159. The molecule has 1 aliphatic carbocycles. The van der Waals surface area contributed by atoms with Gasteiger partial charge in [0.1, 0.15) is 0 Å². The molecule has 0 amide bonds. The fraction of sp³-hybridized carbons (Fsp3) is 0.783. The van der Waals surface area contributed by atoms with Gasteiger partial charge in [0.25, 0.3) is 0 Å². The van der Waals surface area contributed by atoms with Crippen LogP contribution in [-0.4, -0.2) is 31.9 Å². The summed E-state index contributed by atoms with van der Waals surface area (Å²) in [4.78, 5) is 12.5. The number of terminal acetylenes is 1. The molecule has 1 atom stereocenters. The number of allylic oxidation sites excluding steroid dienone is 1.